The molecule has 0 radical (unpaired) electrons. The van der Waals surface area contributed by atoms with Crippen molar-refractivity contribution in [1.82, 2.24) is 5.32 Å². The summed E-state index contributed by atoms with van der Waals surface area (Å²) in [6.07, 6.45) is 0.578. The first kappa shape index (κ1) is 19.7. The fourth-order valence-electron chi connectivity index (χ4n) is 3.37. The highest BCUT2D eigenvalue weighted by atomic mass is 16.5. The summed E-state index contributed by atoms with van der Waals surface area (Å²) in [6.45, 7) is 4.36. The molecule has 1 fully saturated rings. The molecule has 0 spiro atoms. The first-order valence-electron chi connectivity index (χ1n) is 9.29. The number of benzene rings is 2. The molecule has 2 unspecified atom stereocenters. The van der Waals surface area contributed by atoms with Gasteiger partial charge in [-0.25, -0.2) is 0 Å². The molecule has 2 aromatic carbocycles. The van der Waals surface area contributed by atoms with E-state index >= 15 is 0 Å². The maximum atomic E-state index is 12.4. The lowest BCUT2D eigenvalue weighted by atomic mass is 10.1. The van der Waals surface area contributed by atoms with Gasteiger partial charge in [-0.3, -0.25) is 9.59 Å². The number of amides is 2. The molecule has 2 atom stereocenters. The van der Waals surface area contributed by atoms with Crippen LogP contribution in [-0.2, 0) is 16.1 Å². The van der Waals surface area contributed by atoms with Crippen molar-refractivity contribution in [1.29, 1.82) is 0 Å². The van der Waals surface area contributed by atoms with E-state index in [4.69, 9.17) is 9.47 Å². The summed E-state index contributed by atoms with van der Waals surface area (Å²) in [6, 6.07) is 11.4. The van der Waals surface area contributed by atoms with Gasteiger partial charge in [-0.15, -0.1) is 0 Å². The molecule has 6 nitrogen and oxygen atoms in total. The number of carbonyl (C=O) groups is 2. The number of methoxy groups -OCH3 is 2. The summed E-state index contributed by atoms with van der Waals surface area (Å²) in [5.74, 6) is 0.512. The number of rotatable bonds is 7. The zero-order valence-electron chi connectivity index (χ0n) is 16.7. The molecule has 2 N–H and O–H groups in total. The zero-order valence-corrected chi connectivity index (χ0v) is 16.7. The van der Waals surface area contributed by atoms with E-state index in [-0.39, 0.29) is 23.7 Å². The van der Waals surface area contributed by atoms with Gasteiger partial charge in [0.15, 0.2) is 11.5 Å². The first-order valence-corrected chi connectivity index (χ1v) is 9.29. The molecule has 3 rings (SSSR count). The van der Waals surface area contributed by atoms with E-state index in [0.717, 1.165) is 22.4 Å². The van der Waals surface area contributed by atoms with Gasteiger partial charge in [0.05, 0.1) is 26.1 Å². The summed E-state index contributed by atoms with van der Waals surface area (Å²) in [5, 5.41) is 5.82. The van der Waals surface area contributed by atoms with Crippen LogP contribution in [0.25, 0.3) is 0 Å². The standard InChI is InChI=1S/C22H26N2O4/c1-13-7-14(2)9-16(8-13)24-22(26)18-11-17(18)21(25)23-12-15-5-6-19(27-3)20(10-15)28-4/h5-10,17-18H,11-12H2,1-4H3,(H,23,25)(H,24,26). The lowest BCUT2D eigenvalue weighted by molar-refractivity contribution is -0.125. The highest BCUT2D eigenvalue weighted by Gasteiger charge is 2.47. The van der Waals surface area contributed by atoms with Gasteiger partial charge in [0.25, 0.3) is 0 Å². The fraction of sp³-hybridized carbons (Fsp3) is 0.364. The largest absolute Gasteiger partial charge is 0.493 e. The maximum absolute atomic E-state index is 12.4. The van der Waals surface area contributed by atoms with Gasteiger partial charge >= 0.3 is 0 Å². The Labute approximate surface area is 165 Å². The number of anilines is 1. The molecule has 0 saturated heterocycles. The molecular weight excluding hydrogens is 356 g/mol. The van der Waals surface area contributed by atoms with E-state index in [0.29, 0.717) is 24.5 Å². The van der Waals surface area contributed by atoms with E-state index in [1.54, 1.807) is 20.3 Å². The molecule has 0 bridgehead atoms. The third-order valence-electron chi connectivity index (χ3n) is 4.87. The second-order valence-corrected chi connectivity index (χ2v) is 7.22. The third kappa shape index (κ3) is 4.63. The normalized spacial score (nSPS) is 17.6. The summed E-state index contributed by atoms with van der Waals surface area (Å²) in [5.41, 5.74) is 3.87. The highest BCUT2D eigenvalue weighted by Crippen LogP contribution is 2.39. The van der Waals surface area contributed by atoms with Gasteiger partial charge < -0.3 is 20.1 Å². The molecule has 1 aliphatic carbocycles. The Morgan fingerprint density at radius 2 is 1.57 bits per heavy atom. The Bertz CT molecular complexity index is 874. The number of hydrogen-bond donors (Lipinski definition) is 2. The summed E-state index contributed by atoms with van der Waals surface area (Å²) in [4.78, 5) is 24.8. The molecule has 1 saturated carbocycles. The second-order valence-electron chi connectivity index (χ2n) is 7.22. The molecule has 2 amide bonds. The van der Waals surface area contributed by atoms with E-state index in [1.807, 2.05) is 38.1 Å². The molecule has 0 aromatic heterocycles. The topological polar surface area (TPSA) is 76.7 Å². The van der Waals surface area contributed by atoms with Gasteiger partial charge in [-0.1, -0.05) is 12.1 Å². The fourth-order valence-corrected chi connectivity index (χ4v) is 3.37. The van der Waals surface area contributed by atoms with Crippen LogP contribution in [0.5, 0.6) is 11.5 Å². The minimum absolute atomic E-state index is 0.101. The Morgan fingerprint density at radius 3 is 2.21 bits per heavy atom. The average Bonchev–Trinajstić information content (AvgIpc) is 3.46. The third-order valence-corrected chi connectivity index (χ3v) is 4.87. The van der Waals surface area contributed by atoms with E-state index in [1.165, 1.54) is 0 Å². The van der Waals surface area contributed by atoms with Crippen LogP contribution in [0, 0.1) is 25.7 Å². The molecule has 2 aromatic rings. The van der Waals surface area contributed by atoms with Crippen LogP contribution in [0.15, 0.2) is 36.4 Å². The molecule has 28 heavy (non-hydrogen) atoms. The predicted octanol–water partition coefficient (Wildman–Crippen LogP) is 3.21. The van der Waals surface area contributed by atoms with Crippen LogP contribution in [0.3, 0.4) is 0 Å². The number of ether oxygens (including phenoxy) is 2. The van der Waals surface area contributed by atoms with Crippen molar-refractivity contribution in [3.05, 3.63) is 53.1 Å². The molecule has 0 aliphatic heterocycles. The zero-order chi connectivity index (χ0) is 20.3. The lowest BCUT2D eigenvalue weighted by Crippen LogP contribution is -2.27. The average molecular weight is 382 g/mol. The lowest BCUT2D eigenvalue weighted by Gasteiger charge is -2.10. The van der Waals surface area contributed by atoms with Crippen LogP contribution in [0.1, 0.15) is 23.1 Å². The highest BCUT2D eigenvalue weighted by molar-refractivity contribution is 5.99. The smallest absolute Gasteiger partial charge is 0.228 e. The molecular formula is C22H26N2O4. The van der Waals surface area contributed by atoms with Crippen LogP contribution in [0.4, 0.5) is 5.69 Å². The summed E-state index contributed by atoms with van der Waals surface area (Å²) >= 11 is 0. The van der Waals surface area contributed by atoms with Crippen molar-refractivity contribution in [3.63, 3.8) is 0 Å². The van der Waals surface area contributed by atoms with Crippen LogP contribution >= 0.6 is 0 Å². The van der Waals surface area contributed by atoms with Gasteiger partial charge in [-0.2, -0.15) is 0 Å². The number of hydrogen-bond acceptors (Lipinski definition) is 4. The van der Waals surface area contributed by atoms with E-state index < -0.39 is 0 Å². The minimum Gasteiger partial charge on any atom is -0.493 e. The predicted molar refractivity (Wildman–Crippen MR) is 108 cm³/mol. The van der Waals surface area contributed by atoms with Crippen molar-refractivity contribution >= 4 is 17.5 Å². The van der Waals surface area contributed by atoms with Gasteiger partial charge in [0.1, 0.15) is 0 Å². The van der Waals surface area contributed by atoms with Gasteiger partial charge in [0, 0.05) is 12.2 Å². The number of carbonyl (C=O) groups excluding carboxylic acids is 2. The van der Waals surface area contributed by atoms with Crippen LogP contribution in [-0.4, -0.2) is 26.0 Å². The Balaban J connectivity index is 1.52. The van der Waals surface area contributed by atoms with Crippen molar-refractivity contribution in [3.8, 4) is 11.5 Å². The van der Waals surface area contributed by atoms with E-state index in [2.05, 4.69) is 16.7 Å². The monoisotopic (exact) mass is 382 g/mol. The summed E-state index contributed by atoms with van der Waals surface area (Å²) < 4.78 is 10.5. The number of nitrogens with one attached hydrogen (secondary N) is 2. The van der Waals surface area contributed by atoms with Crippen molar-refractivity contribution < 1.29 is 19.1 Å². The van der Waals surface area contributed by atoms with Crippen molar-refractivity contribution in [2.45, 2.75) is 26.8 Å². The second kappa shape index (κ2) is 8.33. The summed E-state index contributed by atoms with van der Waals surface area (Å²) in [7, 11) is 3.15. The quantitative estimate of drug-likeness (QED) is 0.771. The Kier molecular flexibility index (Phi) is 5.87. The molecule has 148 valence electrons. The van der Waals surface area contributed by atoms with Crippen LogP contribution < -0.4 is 20.1 Å². The Morgan fingerprint density at radius 1 is 0.929 bits per heavy atom. The van der Waals surface area contributed by atoms with E-state index in [9.17, 15) is 9.59 Å². The molecule has 1 aliphatic rings. The van der Waals surface area contributed by atoms with Crippen molar-refractivity contribution in [2.75, 3.05) is 19.5 Å². The molecule has 6 heteroatoms. The SMILES string of the molecule is COc1ccc(CNC(=O)C2CC2C(=O)Nc2cc(C)cc(C)c2)cc1OC. The number of aryl methyl sites for hydroxylation is 2. The maximum Gasteiger partial charge on any atom is 0.228 e. The Hall–Kier alpha value is -3.02. The van der Waals surface area contributed by atoms with Crippen molar-refractivity contribution in [2.24, 2.45) is 11.8 Å². The minimum atomic E-state index is -0.272. The van der Waals surface area contributed by atoms with Gasteiger partial charge in [0.2, 0.25) is 11.8 Å². The molecule has 0 heterocycles. The van der Waals surface area contributed by atoms with Crippen LogP contribution in [0.2, 0.25) is 0 Å². The van der Waals surface area contributed by atoms with Gasteiger partial charge in [-0.05, 0) is 61.2 Å². The first-order chi connectivity index (χ1) is 13.4.